The van der Waals surface area contributed by atoms with E-state index in [2.05, 4.69) is 5.32 Å². The minimum atomic E-state index is -1.03. The van der Waals surface area contributed by atoms with Crippen molar-refractivity contribution in [3.8, 4) is 0 Å². The Kier molecular flexibility index (Phi) is 4.12. The highest BCUT2D eigenvalue weighted by molar-refractivity contribution is 5.97. The number of carboxylic acids is 1. The van der Waals surface area contributed by atoms with E-state index in [1.165, 1.54) is 0 Å². The van der Waals surface area contributed by atoms with Crippen LogP contribution in [-0.2, 0) is 9.59 Å². The fraction of sp³-hybridized carbons (Fsp3) is 0.818. The molecule has 86 valence electrons. The Labute approximate surface area is 90.0 Å². The van der Waals surface area contributed by atoms with Crippen LogP contribution in [0.1, 0.15) is 39.5 Å². The molecule has 2 N–H and O–H groups in total. The Balaban J connectivity index is 2.52. The van der Waals surface area contributed by atoms with Gasteiger partial charge in [0.25, 0.3) is 0 Å². The van der Waals surface area contributed by atoms with Crippen LogP contribution >= 0.6 is 0 Å². The summed E-state index contributed by atoms with van der Waals surface area (Å²) < 4.78 is 0. The Morgan fingerprint density at radius 1 is 1.27 bits per heavy atom. The number of carboxylic acid groups (broad SMARTS) is 1. The van der Waals surface area contributed by atoms with Crippen LogP contribution < -0.4 is 5.32 Å². The van der Waals surface area contributed by atoms with Gasteiger partial charge in [0, 0.05) is 6.04 Å². The first-order valence-corrected chi connectivity index (χ1v) is 5.55. The van der Waals surface area contributed by atoms with E-state index in [9.17, 15) is 9.59 Å². The highest BCUT2D eigenvalue weighted by atomic mass is 16.4. The highest BCUT2D eigenvalue weighted by Crippen LogP contribution is 2.19. The van der Waals surface area contributed by atoms with Crippen molar-refractivity contribution in [3.05, 3.63) is 0 Å². The zero-order chi connectivity index (χ0) is 11.4. The molecule has 15 heavy (non-hydrogen) atoms. The highest BCUT2D eigenvalue weighted by Gasteiger charge is 2.31. The molecule has 1 aliphatic carbocycles. The molecule has 1 saturated carbocycles. The summed E-state index contributed by atoms with van der Waals surface area (Å²) >= 11 is 0. The molecule has 1 atom stereocenters. The van der Waals surface area contributed by atoms with Crippen molar-refractivity contribution in [3.63, 3.8) is 0 Å². The second-order valence-electron chi connectivity index (χ2n) is 4.55. The van der Waals surface area contributed by atoms with E-state index >= 15 is 0 Å². The van der Waals surface area contributed by atoms with E-state index in [1.807, 2.05) is 0 Å². The third-order valence-corrected chi connectivity index (χ3v) is 2.92. The minimum Gasteiger partial charge on any atom is -0.481 e. The van der Waals surface area contributed by atoms with Gasteiger partial charge in [-0.2, -0.15) is 0 Å². The number of nitrogens with one attached hydrogen (secondary N) is 1. The Hall–Kier alpha value is -1.06. The van der Waals surface area contributed by atoms with E-state index < -0.39 is 11.9 Å². The fourth-order valence-electron chi connectivity index (χ4n) is 2.06. The summed E-state index contributed by atoms with van der Waals surface area (Å²) in [6.45, 7) is 3.51. The van der Waals surface area contributed by atoms with E-state index in [0.717, 1.165) is 25.7 Å². The number of rotatable bonds is 4. The van der Waals surface area contributed by atoms with Gasteiger partial charge in [0.15, 0.2) is 0 Å². The van der Waals surface area contributed by atoms with Crippen LogP contribution in [0, 0.1) is 11.8 Å². The van der Waals surface area contributed by atoms with E-state index in [0.29, 0.717) is 0 Å². The summed E-state index contributed by atoms with van der Waals surface area (Å²) in [6, 6.07) is 0.193. The van der Waals surface area contributed by atoms with Gasteiger partial charge in [0.2, 0.25) is 5.91 Å². The van der Waals surface area contributed by atoms with Crippen molar-refractivity contribution in [1.29, 1.82) is 0 Å². The second-order valence-corrected chi connectivity index (χ2v) is 4.55. The zero-order valence-electron chi connectivity index (χ0n) is 9.32. The predicted octanol–water partition coefficient (Wildman–Crippen LogP) is 1.40. The lowest BCUT2D eigenvalue weighted by atomic mass is 9.95. The van der Waals surface area contributed by atoms with E-state index in [-0.39, 0.29) is 17.9 Å². The van der Waals surface area contributed by atoms with Gasteiger partial charge in [-0.15, -0.1) is 0 Å². The van der Waals surface area contributed by atoms with Gasteiger partial charge >= 0.3 is 5.97 Å². The Bertz CT molecular complexity index is 244. The maximum absolute atomic E-state index is 11.7. The van der Waals surface area contributed by atoms with Crippen molar-refractivity contribution in [1.82, 2.24) is 5.32 Å². The van der Waals surface area contributed by atoms with Crippen molar-refractivity contribution in [2.75, 3.05) is 0 Å². The maximum Gasteiger partial charge on any atom is 0.316 e. The molecule has 1 rings (SSSR count). The van der Waals surface area contributed by atoms with E-state index in [4.69, 9.17) is 5.11 Å². The van der Waals surface area contributed by atoms with Crippen LogP contribution in [0.15, 0.2) is 0 Å². The third kappa shape index (κ3) is 3.22. The molecule has 0 radical (unpaired) electrons. The monoisotopic (exact) mass is 213 g/mol. The normalized spacial score (nSPS) is 19.1. The molecule has 1 fully saturated rings. The largest absolute Gasteiger partial charge is 0.481 e. The van der Waals surface area contributed by atoms with Gasteiger partial charge in [-0.05, 0) is 18.8 Å². The lowest BCUT2D eigenvalue weighted by Gasteiger charge is -2.19. The molecule has 4 nitrogen and oxygen atoms in total. The summed E-state index contributed by atoms with van der Waals surface area (Å²) in [7, 11) is 0. The standard InChI is InChI=1S/C11H19NO3/c1-7(2)9(11(14)15)10(13)12-8-5-3-4-6-8/h7-9H,3-6H2,1-2H3,(H,12,13)(H,14,15). The van der Waals surface area contributed by atoms with Crippen molar-refractivity contribution >= 4 is 11.9 Å². The Morgan fingerprint density at radius 3 is 2.20 bits per heavy atom. The number of carbonyl (C=O) groups is 2. The fourth-order valence-corrected chi connectivity index (χ4v) is 2.06. The summed E-state index contributed by atoms with van der Waals surface area (Å²) in [5.41, 5.74) is 0. The van der Waals surface area contributed by atoms with Gasteiger partial charge in [-0.25, -0.2) is 0 Å². The van der Waals surface area contributed by atoms with Gasteiger partial charge in [0.1, 0.15) is 5.92 Å². The number of amides is 1. The number of aliphatic carboxylic acids is 1. The maximum atomic E-state index is 11.7. The van der Waals surface area contributed by atoms with Crippen LogP contribution in [0.25, 0.3) is 0 Å². The molecule has 0 bridgehead atoms. The molecule has 1 unspecified atom stereocenters. The number of carbonyl (C=O) groups excluding carboxylic acids is 1. The average molecular weight is 213 g/mol. The molecule has 4 heteroatoms. The van der Waals surface area contributed by atoms with Gasteiger partial charge in [0.05, 0.1) is 0 Å². The smallest absolute Gasteiger partial charge is 0.316 e. The topological polar surface area (TPSA) is 66.4 Å². The van der Waals surface area contributed by atoms with Crippen molar-refractivity contribution < 1.29 is 14.7 Å². The third-order valence-electron chi connectivity index (χ3n) is 2.92. The first-order chi connectivity index (χ1) is 7.02. The summed E-state index contributed by atoms with van der Waals surface area (Å²) in [4.78, 5) is 22.6. The quantitative estimate of drug-likeness (QED) is 0.694. The molecule has 0 spiro atoms. The molecule has 0 heterocycles. The lowest BCUT2D eigenvalue weighted by molar-refractivity contribution is -0.149. The average Bonchev–Trinajstić information content (AvgIpc) is 2.54. The molecule has 0 aliphatic heterocycles. The van der Waals surface area contributed by atoms with E-state index in [1.54, 1.807) is 13.8 Å². The van der Waals surface area contributed by atoms with Gasteiger partial charge in [-0.3, -0.25) is 9.59 Å². The molecule has 1 aliphatic rings. The molecular weight excluding hydrogens is 194 g/mol. The zero-order valence-corrected chi connectivity index (χ0v) is 9.32. The first kappa shape index (κ1) is 12.0. The SMILES string of the molecule is CC(C)C(C(=O)O)C(=O)NC1CCCC1. The van der Waals surface area contributed by atoms with Crippen LogP contribution in [0.3, 0.4) is 0 Å². The van der Waals surface area contributed by atoms with Crippen molar-refractivity contribution in [2.45, 2.75) is 45.6 Å². The molecule has 0 aromatic carbocycles. The lowest BCUT2D eigenvalue weighted by Crippen LogP contribution is -2.42. The minimum absolute atomic E-state index is 0.163. The first-order valence-electron chi connectivity index (χ1n) is 5.55. The molecule has 0 saturated heterocycles. The molecular formula is C11H19NO3. The van der Waals surface area contributed by atoms with Gasteiger partial charge < -0.3 is 10.4 Å². The molecule has 0 aromatic rings. The summed E-state index contributed by atoms with van der Waals surface area (Å²) in [5, 5.41) is 11.7. The van der Waals surface area contributed by atoms with Crippen LogP contribution in [-0.4, -0.2) is 23.0 Å². The molecule has 1 amide bonds. The number of hydrogen-bond acceptors (Lipinski definition) is 2. The predicted molar refractivity (Wildman–Crippen MR) is 56.4 cm³/mol. The van der Waals surface area contributed by atoms with Gasteiger partial charge in [-0.1, -0.05) is 26.7 Å². The van der Waals surface area contributed by atoms with Crippen molar-refractivity contribution in [2.24, 2.45) is 11.8 Å². The van der Waals surface area contributed by atoms with Crippen LogP contribution in [0.2, 0.25) is 0 Å². The summed E-state index contributed by atoms with van der Waals surface area (Å²) in [5.74, 6) is -2.43. The molecule has 0 aromatic heterocycles. The van der Waals surface area contributed by atoms with Crippen LogP contribution in [0.5, 0.6) is 0 Å². The summed E-state index contributed by atoms with van der Waals surface area (Å²) in [6.07, 6.45) is 4.22. The number of hydrogen-bond donors (Lipinski definition) is 2. The van der Waals surface area contributed by atoms with Crippen LogP contribution in [0.4, 0.5) is 0 Å². The second kappa shape index (κ2) is 5.14. The Morgan fingerprint density at radius 2 is 1.80 bits per heavy atom.